The number of hydrogen-bond acceptors (Lipinski definition) is 3. The van der Waals surface area contributed by atoms with Gasteiger partial charge in [-0.05, 0) is 37.1 Å². The summed E-state index contributed by atoms with van der Waals surface area (Å²) in [6.07, 6.45) is 3.69. The minimum absolute atomic E-state index is 0.118. The van der Waals surface area contributed by atoms with Gasteiger partial charge < -0.3 is 5.11 Å². The van der Waals surface area contributed by atoms with Crippen LogP contribution in [0.2, 0.25) is 0 Å². The molecule has 88 valence electrons. The predicted octanol–water partition coefficient (Wildman–Crippen LogP) is 1.48. The van der Waals surface area contributed by atoms with Crippen molar-refractivity contribution in [1.82, 2.24) is 4.90 Å². The molecule has 1 N–H and O–H groups in total. The first-order chi connectivity index (χ1) is 7.58. The van der Waals surface area contributed by atoms with E-state index in [2.05, 4.69) is 11.0 Å². The number of carboxylic acids is 1. The van der Waals surface area contributed by atoms with E-state index >= 15 is 0 Å². The number of nitriles is 1. The molecule has 0 amide bonds. The number of hydrogen-bond donors (Lipinski definition) is 1. The molecule has 1 heterocycles. The Kier molecular flexibility index (Phi) is 2.90. The van der Waals surface area contributed by atoms with Gasteiger partial charge in [0, 0.05) is 13.0 Å². The molecule has 0 aromatic heterocycles. The van der Waals surface area contributed by atoms with E-state index in [4.69, 9.17) is 5.26 Å². The summed E-state index contributed by atoms with van der Waals surface area (Å²) in [5.74, 6) is -0.479. The minimum atomic E-state index is -0.710. The summed E-state index contributed by atoms with van der Waals surface area (Å²) in [5, 5.41) is 18.0. The molecule has 2 atom stereocenters. The van der Waals surface area contributed by atoms with Crippen molar-refractivity contribution in [3.05, 3.63) is 0 Å². The molecule has 16 heavy (non-hydrogen) atoms. The first-order valence-electron chi connectivity index (χ1n) is 5.92. The summed E-state index contributed by atoms with van der Waals surface area (Å²) < 4.78 is 0. The number of nitrogens with zero attached hydrogens (tertiary/aromatic N) is 2. The molecule has 2 aliphatic rings. The number of aliphatic carboxylic acids is 1. The number of rotatable bonds is 4. The van der Waals surface area contributed by atoms with Crippen molar-refractivity contribution in [2.75, 3.05) is 13.1 Å². The smallest absolute Gasteiger partial charge is 0.321 e. The molecule has 1 saturated carbocycles. The molecule has 0 bridgehead atoms. The van der Waals surface area contributed by atoms with E-state index in [9.17, 15) is 9.90 Å². The first-order valence-corrected chi connectivity index (χ1v) is 5.92. The van der Waals surface area contributed by atoms with Crippen molar-refractivity contribution in [1.29, 1.82) is 5.26 Å². The Morgan fingerprint density at radius 1 is 1.62 bits per heavy atom. The fraction of sp³-hybridized carbons (Fsp3) is 0.833. The van der Waals surface area contributed by atoms with Gasteiger partial charge in [-0.1, -0.05) is 6.92 Å². The zero-order valence-electron chi connectivity index (χ0n) is 9.65. The SMILES string of the molecule is CC1CCN(CC2(CC#N)CC2)C1C(=O)O. The number of carboxylic acid groups (broad SMARTS) is 1. The quantitative estimate of drug-likeness (QED) is 0.782. The summed E-state index contributed by atoms with van der Waals surface area (Å²) in [7, 11) is 0. The Morgan fingerprint density at radius 2 is 2.31 bits per heavy atom. The average Bonchev–Trinajstić information content (AvgIpc) is 2.84. The molecular weight excluding hydrogens is 204 g/mol. The van der Waals surface area contributed by atoms with E-state index in [1.165, 1.54) is 0 Å². The van der Waals surface area contributed by atoms with E-state index in [1.54, 1.807) is 0 Å². The van der Waals surface area contributed by atoms with Crippen LogP contribution in [0.4, 0.5) is 0 Å². The predicted molar refractivity (Wildman–Crippen MR) is 58.7 cm³/mol. The van der Waals surface area contributed by atoms with E-state index in [0.29, 0.717) is 6.42 Å². The Balaban J connectivity index is 2.00. The number of likely N-dealkylation sites (tertiary alicyclic amines) is 1. The lowest BCUT2D eigenvalue weighted by Crippen LogP contribution is -2.42. The zero-order chi connectivity index (χ0) is 11.8. The fourth-order valence-electron chi connectivity index (χ4n) is 2.77. The summed E-state index contributed by atoms with van der Waals surface area (Å²) >= 11 is 0. The molecule has 2 rings (SSSR count). The van der Waals surface area contributed by atoms with Crippen molar-refractivity contribution in [3.63, 3.8) is 0 Å². The molecule has 1 aliphatic carbocycles. The maximum absolute atomic E-state index is 11.2. The summed E-state index contributed by atoms with van der Waals surface area (Å²) in [6, 6.07) is 1.89. The lowest BCUT2D eigenvalue weighted by atomic mass is 10.00. The van der Waals surface area contributed by atoms with Gasteiger partial charge in [-0.2, -0.15) is 5.26 Å². The van der Waals surface area contributed by atoms with Crippen LogP contribution in [-0.4, -0.2) is 35.1 Å². The highest BCUT2D eigenvalue weighted by Crippen LogP contribution is 2.50. The second-order valence-electron chi connectivity index (χ2n) is 5.35. The van der Waals surface area contributed by atoms with Gasteiger partial charge in [0.15, 0.2) is 0 Å². The molecule has 0 aromatic rings. The van der Waals surface area contributed by atoms with Gasteiger partial charge >= 0.3 is 5.97 Å². The average molecular weight is 222 g/mol. The van der Waals surface area contributed by atoms with Crippen LogP contribution in [0.1, 0.15) is 32.6 Å². The van der Waals surface area contributed by atoms with Gasteiger partial charge in [0.2, 0.25) is 0 Å². The highest BCUT2D eigenvalue weighted by Gasteiger charge is 2.47. The van der Waals surface area contributed by atoms with Crippen molar-refractivity contribution in [3.8, 4) is 6.07 Å². The van der Waals surface area contributed by atoms with Crippen molar-refractivity contribution < 1.29 is 9.90 Å². The van der Waals surface area contributed by atoms with Crippen LogP contribution in [0.25, 0.3) is 0 Å². The third kappa shape index (κ3) is 2.05. The molecule has 0 aromatic carbocycles. The van der Waals surface area contributed by atoms with Gasteiger partial charge in [0.05, 0.1) is 6.07 Å². The molecular formula is C12H18N2O2. The monoisotopic (exact) mass is 222 g/mol. The Hall–Kier alpha value is -1.08. The van der Waals surface area contributed by atoms with Crippen LogP contribution in [0.15, 0.2) is 0 Å². The van der Waals surface area contributed by atoms with Crippen LogP contribution in [-0.2, 0) is 4.79 Å². The molecule has 4 heteroatoms. The Labute approximate surface area is 95.9 Å². The summed E-state index contributed by atoms with van der Waals surface area (Å²) in [5.41, 5.74) is 0.118. The molecule has 0 radical (unpaired) electrons. The normalized spacial score (nSPS) is 32.2. The highest BCUT2D eigenvalue weighted by molar-refractivity contribution is 5.74. The van der Waals surface area contributed by atoms with Gasteiger partial charge in [0.25, 0.3) is 0 Å². The van der Waals surface area contributed by atoms with E-state index in [0.717, 1.165) is 32.4 Å². The lowest BCUT2D eigenvalue weighted by Gasteiger charge is -2.26. The van der Waals surface area contributed by atoms with Crippen LogP contribution in [0, 0.1) is 22.7 Å². The van der Waals surface area contributed by atoms with Crippen LogP contribution in [0.3, 0.4) is 0 Å². The van der Waals surface area contributed by atoms with Crippen LogP contribution < -0.4 is 0 Å². The lowest BCUT2D eigenvalue weighted by molar-refractivity contribution is -0.143. The molecule has 1 aliphatic heterocycles. The highest BCUT2D eigenvalue weighted by atomic mass is 16.4. The van der Waals surface area contributed by atoms with Gasteiger partial charge in [-0.3, -0.25) is 9.69 Å². The molecule has 4 nitrogen and oxygen atoms in total. The second kappa shape index (κ2) is 4.06. The van der Waals surface area contributed by atoms with Crippen molar-refractivity contribution in [2.45, 2.75) is 38.6 Å². The third-order valence-corrected chi connectivity index (χ3v) is 4.01. The van der Waals surface area contributed by atoms with Crippen molar-refractivity contribution >= 4 is 5.97 Å². The van der Waals surface area contributed by atoms with Crippen molar-refractivity contribution in [2.24, 2.45) is 11.3 Å². The standard InChI is InChI=1S/C12H18N2O2/c1-9-2-7-14(10(9)11(15)16)8-12(3-4-12)5-6-13/h9-10H,2-5,7-8H2,1H3,(H,15,16). The topological polar surface area (TPSA) is 64.3 Å². The minimum Gasteiger partial charge on any atom is -0.480 e. The van der Waals surface area contributed by atoms with Gasteiger partial charge in [-0.15, -0.1) is 0 Å². The van der Waals surface area contributed by atoms with Gasteiger partial charge in [0.1, 0.15) is 6.04 Å². The molecule has 2 fully saturated rings. The first kappa shape index (κ1) is 11.4. The van der Waals surface area contributed by atoms with E-state index in [1.807, 2.05) is 6.92 Å². The molecule has 0 spiro atoms. The Bertz CT molecular complexity index is 330. The van der Waals surface area contributed by atoms with Gasteiger partial charge in [-0.25, -0.2) is 0 Å². The van der Waals surface area contributed by atoms with Crippen LogP contribution >= 0.6 is 0 Å². The fourth-order valence-corrected chi connectivity index (χ4v) is 2.77. The maximum Gasteiger partial charge on any atom is 0.321 e. The summed E-state index contributed by atoms with van der Waals surface area (Å²) in [6.45, 7) is 3.66. The van der Waals surface area contributed by atoms with Crippen LogP contribution in [0.5, 0.6) is 0 Å². The largest absolute Gasteiger partial charge is 0.480 e. The van der Waals surface area contributed by atoms with E-state index < -0.39 is 5.97 Å². The molecule has 1 saturated heterocycles. The van der Waals surface area contributed by atoms with E-state index in [-0.39, 0.29) is 17.4 Å². The summed E-state index contributed by atoms with van der Waals surface area (Å²) in [4.78, 5) is 13.2. The molecule has 2 unspecified atom stereocenters. The second-order valence-corrected chi connectivity index (χ2v) is 5.35. The maximum atomic E-state index is 11.2. The zero-order valence-corrected chi connectivity index (χ0v) is 9.65. The number of carbonyl (C=O) groups is 1. The Morgan fingerprint density at radius 3 is 2.81 bits per heavy atom. The third-order valence-electron chi connectivity index (χ3n) is 4.01.